The van der Waals surface area contributed by atoms with Crippen molar-refractivity contribution >= 4 is 5.82 Å². The molecule has 0 aliphatic carbocycles. The molecule has 0 unspecified atom stereocenters. The van der Waals surface area contributed by atoms with E-state index in [0.717, 1.165) is 28.3 Å². The Labute approximate surface area is 156 Å². The summed E-state index contributed by atoms with van der Waals surface area (Å²) in [6.45, 7) is 0.620. The van der Waals surface area contributed by atoms with Crippen molar-refractivity contribution in [2.45, 2.75) is 6.54 Å². The molecule has 3 aromatic heterocycles. The molecular weight excluding hydrogens is 340 g/mol. The molecule has 0 aliphatic rings. The number of benzene rings is 1. The molecule has 0 aliphatic heterocycles. The Morgan fingerprint density at radius 3 is 2.74 bits per heavy atom. The van der Waals surface area contributed by atoms with E-state index < -0.39 is 0 Å². The van der Waals surface area contributed by atoms with Crippen LogP contribution < -0.4 is 10.1 Å². The topological polar surface area (TPSA) is 88.6 Å². The molecule has 4 aromatic rings. The lowest BCUT2D eigenvalue weighted by molar-refractivity contribution is 0.415. The van der Waals surface area contributed by atoms with E-state index in [9.17, 15) is 0 Å². The third kappa shape index (κ3) is 3.77. The van der Waals surface area contributed by atoms with Crippen molar-refractivity contribution in [1.29, 1.82) is 0 Å². The lowest BCUT2D eigenvalue weighted by atomic mass is 10.2. The minimum atomic E-state index is 0.620. The molecule has 0 atom stereocenters. The largest absolute Gasteiger partial charge is 0.497 e. The highest BCUT2D eigenvalue weighted by atomic mass is 16.5. The number of aromatic amines is 1. The van der Waals surface area contributed by atoms with Crippen LogP contribution in [0.25, 0.3) is 22.8 Å². The molecule has 0 fully saturated rings. The number of nitrogens with one attached hydrogen (secondary N) is 2. The van der Waals surface area contributed by atoms with Gasteiger partial charge in [0.2, 0.25) is 0 Å². The van der Waals surface area contributed by atoms with Gasteiger partial charge in [0.25, 0.3) is 0 Å². The minimum absolute atomic E-state index is 0.620. The molecule has 4 rings (SSSR count). The molecule has 0 amide bonds. The fourth-order valence-corrected chi connectivity index (χ4v) is 2.71. The lowest BCUT2D eigenvalue weighted by Gasteiger charge is -2.08. The van der Waals surface area contributed by atoms with Gasteiger partial charge < -0.3 is 15.0 Å². The third-order valence-electron chi connectivity index (χ3n) is 4.08. The van der Waals surface area contributed by atoms with Crippen LogP contribution in [-0.4, -0.2) is 32.3 Å². The number of nitrogens with zero attached hydrogens (tertiary/aromatic N) is 4. The van der Waals surface area contributed by atoms with Crippen LogP contribution in [0.3, 0.4) is 0 Å². The fraction of sp³-hybridized carbons (Fsp3) is 0.100. The number of anilines is 1. The Morgan fingerprint density at radius 1 is 1.00 bits per heavy atom. The van der Waals surface area contributed by atoms with Crippen LogP contribution in [0.2, 0.25) is 0 Å². The summed E-state index contributed by atoms with van der Waals surface area (Å²) in [5.74, 6) is 2.82. The number of rotatable bonds is 6. The van der Waals surface area contributed by atoms with Gasteiger partial charge in [-0.15, -0.1) is 10.2 Å². The van der Waals surface area contributed by atoms with Crippen molar-refractivity contribution in [3.05, 3.63) is 72.7 Å². The number of aromatic nitrogens is 5. The first kappa shape index (κ1) is 16.7. The Bertz CT molecular complexity index is 1030. The normalized spacial score (nSPS) is 10.6. The maximum Gasteiger partial charge on any atom is 0.165 e. The first-order valence-corrected chi connectivity index (χ1v) is 8.49. The average molecular weight is 358 g/mol. The van der Waals surface area contributed by atoms with E-state index in [1.165, 1.54) is 0 Å². The SMILES string of the molecule is COc1cccc(-c2nnc(-c3cccnc3NCc3cccnc3)[nH]2)c1. The summed E-state index contributed by atoms with van der Waals surface area (Å²) in [6, 6.07) is 15.4. The van der Waals surface area contributed by atoms with E-state index in [-0.39, 0.29) is 0 Å². The predicted molar refractivity (Wildman–Crippen MR) is 103 cm³/mol. The van der Waals surface area contributed by atoms with Crippen LogP contribution >= 0.6 is 0 Å². The Balaban J connectivity index is 1.60. The van der Waals surface area contributed by atoms with Gasteiger partial charge in [-0.2, -0.15) is 0 Å². The average Bonchev–Trinajstić information content (AvgIpc) is 3.23. The Kier molecular flexibility index (Phi) is 4.74. The monoisotopic (exact) mass is 358 g/mol. The fourth-order valence-electron chi connectivity index (χ4n) is 2.71. The predicted octanol–water partition coefficient (Wildman–Crippen LogP) is 3.55. The van der Waals surface area contributed by atoms with Gasteiger partial charge >= 0.3 is 0 Å². The zero-order valence-corrected chi connectivity index (χ0v) is 14.8. The molecule has 2 N–H and O–H groups in total. The summed E-state index contributed by atoms with van der Waals surface area (Å²) in [5, 5.41) is 11.9. The van der Waals surface area contributed by atoms with E-state index in [1.807, 2.05) is 54.7 Å². The minimum Gasteiger partial charge on any atom is -0.497 e. The quantitative estimate of drug-likeness (QED) is 0.548. The van der Waals surface area contributed by atoms with Gasteiger partial charge in [0.05, 0.1) is 12.7 Å². The molecule has 0 saturated carbocycles. The molecule has 7 nitrogen and oxygen atoms in total. The molecule has 1 aromatic carbocycles. The highest BCUT2D eigenvalue weighted by molar-refractivity contribution is 5.71. The van der Waals surface area contributed by atoms with Crippen LogP contribution in [0.4, 0.5) is 5.82 Å². The van der Waals surface area contributed by atoms with E-state index in [4.69, 9.17) is 4.74 Å². The van der Waals surface area contributed by atoms with E-state index in [1.54, 1.807) is 19.5 Å². The smallest absolute Gasteiger partial charge is 0.165 e. The molecule has 3 heterocycles. The van der Waals surface area contributed by atoms with Crippen molar-refractivity contribution in [2.24, 2.45) is 0 Å². The van der Waals surface area contributed by atoms with Crippen LogP contribution in [-0.2, 0) is 6.54 Å². The summed E-state index contributed by atoms with van der Waals surface area (Å²) in [4.78, 5) is 11.8. The van der Waals surface area contributed by atoms with Gasteiger partial charge in [0, 0.05) is 30.7 Å². The Morgan fingerprint density at radius 2 is 1.89 bits per heavy atom. The molecule has 27 heavy (non-hydrogen) atoms. The van der Waals surface area contributed by atoms with Gasteiger partial charge in [-0.25, -0.2) is 4.98 Å². The number of pyridine rings is 2. The summed E-state index contributed by atoms with van der Waals surface area (Å²) in [5.41, 5.74) is 2.83. The molecule has 0 saturated heterocycles. The zero-order valence-electron chi connectivity index (χ0n) is 14.8. The standard InChI is InChI=1S/C20H18N6O/c1-27-16-7-2-6-15(11-16)18-24-20(26-25-18)17-8-4-10-22-19(17)23-13-14-5-3-9-21-12-14/h2-12H,13H2,1H3,(H,22,23)(H,24,25,26). The maximum absolute atomic E-state index is 5.27. The van der Waals surface area contributed by atoms with Crippen molar-refractivity contribution < 1.29 is 4.74 Å². The molecule has 0 radical (unpaired) electrons. The highest BCUT2D eigenvalue weighted by Gasteiger charge is 2.12. The van der Waals surface area contributed by atoms with E-state index >= 15 is 0 Å². The van der Waals surface area contributed by atoms with Crippen molar-refractivity contribution in [1.82, 2.24) is 25.1 Å². The molecule has 134 valence electrons. The lowest BCUT2D eigenvalue weighted by Crippen LogP contribution is -2.03. The van der Waals surface area contributed by atoms with Gasteiger partial charge in [-0.3, -0.25) is 4.98 Å². The van der Waals surface area contributed by atoms with Crippen molar-refractivity contribution in [2.75, 3.05) is 12.4 Å². The van der Waals surface area contributed by atoms with Crippen LogP contribution in [0, 0.1) is 0 Å². The number of ether oxygens (including phenoxy) is 1. The van der Waals surface area contributed by atoms with Gasteiger partial charge in [0.1, 0.15) is 11.6 Å². The summed E-state index contributed by atoms with van der Waals surface area (Å²) in [6.07, 6.45) is 5.32. The summed E-state index contributed by atoms with van der Waals surface area (Å²) >= 11 is 0. The number of H-pyrrole nitrogens is 1. The highest BCUT2D eigenvalue weighted by Crippen LogP contribution is 2.26. The van der Waals surface area contributed by atoms with E-state index in [2.05, 4.69) is 30.5 Å². The number of hydrogen-bond donors (Lipinski definition) is 2. The summed E-state index contributed by atoms with van der Waals surface area (Å²) in [7, 11) is 1.64. The van der Waals surface area contributed by atoms with Gasteiger partial charge in [0.15, 0.2) is 11.6 Å². The molecule has 0 bridgehead atoms. The second kappa shape index (κ2) is 7.65. The molecular formula is C20H18N6O. The van der Waals surface area contributed by atoms with Gasteiger partial charge in [-0.1, -0.05) is 18.2 Å². The van der Waals surface area contributed by atoms with E-state index in [0.29, 0.717) is 18.2 Å². The van der Waals surface area contributed by atoms with Crippen LogP contribution in [0.15, 0.2) is 67.1 Å². The number of methoxy groups -OCH3 is 1. The van der Waals surface area contributed by atoms with Crippen molar-refractivity contribution in [3.63, 3.8) is 0 Å². The van der Waals surface area contributed by atoms with Crippen molar-refractivity contribution in [3.8, 4) is 28.5 Å². The zero-order chi connectivity index (χ0) is 18.5. The maximum atomic E-state index is 5.27. The number of hydrogen-bond acceptors (Lipinski definition) is 6. The first-order chi connectivity index (χ1) is 13.3. The Hall–Kier alpha value is -3.74. The summed E-state index contributed by atoms with van der Waals surface area (Å²) < 4.78 is 5.27. The molecule has 7 heteroatoms. The van der Waals surface area contributed by atoms with Crippen LogP contribution in [0.1, 0.15) is 5.56 Å². The third-order valence-corrected chi connectivity index (χ3v) is 4.08. The second-order valence-electron chi connectivity index (χ2n) is 5.87. The molecule has 0 spiro atoms. The second-order valence-corrected chi connectivity index (χ2v) is 5.87. The van der Waals surface area contributed by atoms with Gasteiger partial charge in [-0.05, 0) is 35.9 Å². The first-order valence-electron chi connectivity index (χ1n) is 8.49. The van der Waals surface area contributed by atoms with Crippen LogP contribution in [0.5, 0.6) is 5.75 Å².